The molecule has 0 bridgehead atoms. The first-order chi connectivity index (χ1) is 27.5. The summed E-state index contributed by atoms with van der Waals surface area (Å²) in [6.07, 6.45) is 1.71. The minimum atomic E-state index is -0.282. The average molecular weight is 720 g/mol. The molecule has 1 aliphatic rings. The van der Waals surface area contributed by atoms with Gasteiger partial charge in [-0.05, 0) is 89.0 Å². The molecule has 0 amide bonds. The lowest BCUT2D eigenvalue weighted by Gasteiger charge is -2.22. The van der Waals surface area contributed by atoms with Crippen LogP contribution in [0.3, 0.4) is 0 Å². The molecule has 0 unspecified atom stereocenters. The number of benzene rings is 7. The van der Waals surface area contributed by atoms with E-state index >= 15 is 0 Å². The van der Waals surface area contributed by atoms with Crippen molar-refractivity contribution in [1.29, 1.82) is 0 Å². The van der Waals surface area contributed by atoms with Crippen molar-refractivity contribution in [3.63, 3.8) is 0 Å². The lowest BCUT2D eigenvalue weighted by molar-refractivity contribution is 0.661. The zero-order valence-corrected chi connectivity index (χ0v) is 30.7. The summed E-state index contributed by atoms with van der Waals surface area (Å²) in [4.78, 5) is 24.4. The van der Waals surface area contributed by atoms with Crippen molar-refractivity contribution in [3.05, 3.63) is 185 Å². The fourth-order valence-corrected chi connectivity index (χ4v) is 9.50. The van der Waals surface area contributed by atoms with Crippen LogP contribution in [0.4, 0.5) is 0 Å². The Kier molecular flexibility index (Phi) is 6.17. The summed E-state index contributed by atoms with van der Waals surface area (Å²) in [6.45, 7) is 4.68. The highest BCUT2D eigenvalue weighted by Crippen LogP contribution is 2.53. The van der Waals surface area contributed by atoms with Crippen molar-refractivity contribution < 1.29 is 0 Å². The number of hydrogen-bond donors (Lipinski definition) is 0. The van der Waals surface area contributed by atoms with E-state index in [2.05, 4.69) is 126 Å². The van der Waals surface area contributed by atoms with Gasteiger partial charge in [-0.2, -0.15) is 0 Å². The van der Waals surface area contributed by atoms with E-state index in [4.69, 9.17) is 9.97 Å². The molecule has 0 atom stereocenters. The van der Waals surface area contributed by atoms with Crippen LogP contribution in [0.5, 0.6) is 0 Å². The summed E-state index contributed by atoms with van der Waals surface area (Å²) in [7, 11) is 0. The molecule has 0 radical (unpaired) electrons. The van der Waals surface area contributed by atoms with Crippen LogP contribution in [0, 0.1) is 0 Å². The van der Waals surface area contributed by atoms with Gasteiger partial charge in [-0.25, -0.2) is 9.97 Å². The number of aromatic nitrogens is 5. The molecule has 0 saturated heterocycles. The van der Waals surface area contributed by atoms with Crippen LogP contribution >= 0.6 is 0 Å². The van der Waals surface area contributed by atoms with E-state index in [1.54, 1.807) is 10.8 Å². The molecule has 0 saturated carbocycles. The molecule has 1 aliphatic carbocycles. The van der Waals surface area contributed by atoms with Crippen LogP contribution in [0.25, 0.3) is 93.9 Å². The normalized spacial score (nSPS) is 13.4. The van der Waals surface area contributed by atoms with Crippen molar-refractivity contribution in [2.45, 2.75) is 19.3 Å². The summed E-state index contributed by atoms with van der Waals surface area (Å²) in [5.74, 6) is 0.535. The first kappa shape index (κ1) is 31.1. The zero-order chi connectivity index (χ0) is 37.3. The molecule has 0 spiro atoms. The first-order valence-electron chi connectivity index (χ1n) is 19.0. The van der Waals surface area contributed by atoms with E-state index < -0.39 is 0 Å². The predicted octanol–water partition coefficient (Wildman–Crippen LogP) is 11.4. The number of para-hydroxylation sites is 5. The van der Waals surface area contributed by atoms with Gasteiger partial charge in [0.05, 0.1) is 38.5 Å². The minimum absolute atomic E-state index is 0.142. The van der Waals surface area contributed by atoms with Crippen molar-refractivity contribution in [2.75, 3.05) is 0 Å². The second-order valence-corrected chi connectivity index (χ2v) is 15.4. The highest BCUT2D eigenvalue weighted by molar-refractivity contribution is 6.14. The Balaban J connectivity index is 1.11. The summed E-state index contributed by atoms with van der Waals surface area (Å²) >= 11 is 0. The van der Waals surface area contributed by atoms with Gasteiger partial charge in [0.25, 0.3) is 5.56 Å². The molecule has 4 aromatic heterocycles. The maximum Gasteiger partial charge on any atom is 0.266 e. The Morgan fingerprint density at radius 3 is 1.50 bits per heavy atom. The van der Waals surface area contributed by atoms with Gasteiger partial charge < -0.3 is 4.57 Å². The second kappa shape index (κ2) is 11.1. The summed E-state index contributed by atoms with van der Waals surface area (Å²) in [5, 5.41) is 6.14. The molecule has 12 rings (SSSR count). The molecule has 7 aromatic carbocycles. The van der Waals surface area contributed by atoms with Crippen molar-refractivity contribution in [3.8, 4) is 28.5 Å². The molecular formula is C50H33N5O. The van der Waals surface area contributed by atoms with E-state index in [9.17, 15) is 4.79 Å². The summed E-state index contributed by atoms with van der Waals surface area (Å²) in [6, 6.07) is 55.2. The van der Waals surface area contributed by atoms with Gasteiger partial charge in [0.1, 0.15) is 0 Å². The average Bonchev–Trinajstić information content (AvgIpc) is 3.82. The summed E-state index contributed by atoms with van der Waals surface area (Å²) in [5.41, 5.74) is 12.6. The number of pyridine rings is 1. The SMILES string of the molecule is CC1(C)c2cc3c(cc2-c2cc4c5ccccc5n(-c5ncc6c(=O)n(-c7ccccc7)c7ccccc7c6n5)c4cc21)c1ccccc1n3-c1ccccc1. The Morgan fingerprint density at radius 1 is 0.446 bits per heavy atom. The van der Waals surface area contributed by atoms with Gasteiger partial charge in [0.15, 0.2) is 0 Å². The minimum Gasteiger partial charge on any atom is -0.309 e. The molecule has 0 aliphatic heterocycles. The van der Waals surface area contributed by atoms with Crippen molar-refractivity contribution in [1.82, 2.24) is 23.7 Å². The van der Waals surface area contributed by atoms with Crippen molar-refractivity contribution in [2.24, 2.45) is 0 Å². The smallest absolute Gasteiger partial charge is 0.266 e. The predicted molar refractivity (Wildman–Crippen MR) is 229 cm³/mol. The van der Waals surface area contributed by atoms with Crippen LogP contribution in [-0.4, -0.2) is 23.7 Å². The highest BCUT2D eigenvalue weighted by Gasteiger charge is 2.37. The van der Waals surface area contributed by atoms with E-state index in [1.807, 2.05) is 54.6 Å². The lowest BCUT2D eigenvalue weighted by Crippen LogP contribution is -2.20. The molecule has 11 aromatic rings. The quantitative estimate of drug-likeness (QED) is 0.171. The van der Waals surface area contributed by atoms with Gasteiger partial charge in [-0.1, -0.05) is 105 Å². The third kappa shape index (κ3) is 4.07. The number of fused-ring (bicyclic) bond motifs is 12. The Bertz CT molecular complexity index is 3520. The third-order valence-electron chi connectivity index (χ3n) is 12.1. The highest BCUT2D eigenvalue weighted by atomic mass is 16.1. The first-order valence-corrected chi connectivity index (χ1v) is 19.0. The summed E-state index contributed by atoms with van der Waals surface area (Å²) < 4.78 is 6.34. The van der Waals surface area contributed by atoms with Gasteiger partial charge in [0, 0.05) is 49.9 Å². The number of hydrogen-bond acceptors (Lipinski definition) is 3. The van der Waals surface area contributed by atoms with E-state index in [1.165, 1.54) is 44.1 Å². The molecule has 4 heterocycles. The van der Waals surface area contributed by atoms with Crippen molar-refractivity contribution >= 4 is 65.4 Å². The Hall–Kier alpha value is -7.31. The molecule has 6 heteroatoms. The standard InChI is InChI=1S/C50H33N5O/c1-50(2)40-27-45-37(32-19-9-12-22-42(32)53(45)30-15-5-3-6-16-30)25-35(40)36-26-38-33-20-10-13-23-43(33)55(46(38)28-41(36)50)49-51-29-39-47(52-49)34-21-11-14-24-44(34)54(48(39)56)31-17-7-4-8-18-31/h3-29H,1-2H3. The third-order valence-corrected chi connectivity index (χ3v) is 12.1. The van der Waals surface area contributed by atoms with Crippen LogP contribution in [0.1, 0.15) is 25.0 Å². The van der Waals surface area contributed by atoms with Crippen LogP contribution < -0.4 is 5.56 Å². The lowest BCUT2D eigenvalue weighted by atomic mass is 9.82. The molecular weight excluding hydrogens is 687 g/mol. The van der Waals surface area contributed by atoms with E-state index in [0.29, 0.717) is 16.9 Å². The van der Waals surface area contributed by atoms with Crippen LogP contribution in [0.2, 0.25) is 0 Å². The largest absolute Gasteiger partial charge is 0.309 e. The zero-order valence-electron chi connectivity index (χ0n) is 30.7. The monoisotopic (exact) mass is 719 g/mol. The molecule has 0 fully saturated rings. The van der Waals surface area contributed by atoms with Crippen LogP contribution in [0.15, 0.2) is 169 Å². The number of nitrogens with zero attached hydrogens (tertiary/aromatic N) is 5. The maximum atomic E-state index is 14.2. The second-order valence-electron chi connectivity index (χ2n) is 15.4. The Labute approximate surface area is 321 Å². The Morgan fingerprint density at radius 2 is 0.911 bits per heavy atom. The fourth-order valence-electron chi connectivity index (χ4n) is 9.50. The molecule has 6 nitrogen and oxygen atoms in total. The number of rotatable bonds is 3. The maximum absolute atomic E-state index is 14.2. The molecule has 0 N–H and O–H groups in total. The van der Waals surface area contributed by atoms with Gasteiger partial charge in [-0.3, -0.25) is 13.9 Å². The van der Waals surface area contributed by atoms with Gasteiger partial charge in [0.2, 0.25) is 5.95 Å². The van der Waals surface area contributed by atoms with E-state index in [-0.39, 0.29) is 11.0 Å². The topological polar surface area (TPSA) is 57.6 Å². The molecule has 264 valence electrons. The fraction of sp³-hybridized carbons (Fsp3) is 0.0600. The molecule has 56 heavy (non-hydrogen) atoms. The van der Waals surface area contributed by atoms with E-state index in [0.717, 1.165) is 44.1 Å². The van der Waals surface area contributed by atoms with Gasteiger partial charge >= 0.3 is 0 Å². The van der Waals surface area contributed by atoms with Gasteiger partial charge in [-0.15, -0.1) is 0 Å². The van der Waals surface area contributed by atoms with Crippen LogP contribution in [-0.2, 0) is 5.41 Å².